The Morgan fingerprint density at radius 3 is 2.58 bits per heavy atom. The van der Waals surface area contributed by atoms with Crippen LogP contribution in [-0.4, -0.2) is 25.1 Å². The molecule has 0 aliphatic heterocycles. The molecule has 2 aromatic heterocycles. The topological polar surface area (TPSA) is 79.3 Å². The lowest BCUT2D eigenvalue weighted by Gasteiger charge is -2.04. The molecule has 0 saturated heterocycles. The largest absolute Gasteiger partial charge is 0.391 e. The van der Waals surface area contributed by atoms with Crippen LogP contribution in [0.25, 0.3) is 0 Å². The molecule has 5 nitrogen and oxygen atoms in total. The summed E-state index contributed by atoms with van der Waals surface area (Å²) < 4.78 is 26.7. The molecule has 0 amide bonds. The summed E-state index contributed by atoms with van der Waals surface area (Å²) in [5.41, 5.74) is 1.03. The molecule has 0 saturated carbocycles. The van der Waals surface area contributed by atoms with Gasteiger partial charge in [0.2, 0.25) is 10.0 Å². The molecule has 0 bridgehead atoms. The first-order chi connectivity index (χ1) is 9.12. The standard InChI is InChI=1S/C12H14N2O3S2/c15-9-11-1-2-12(18-11)19(16,17)14-8-5-10-3-6-13-7-4-10/h1-4,6-7,14-15H,5,8-9H2. The summed E-state index contributed by atoms with van der Waals surface area (Å²) in [5.74, 6) is 0. The second kappa shape index (κ2) is 6.25. The van der Waals surface area contributed by atoms with Crippen LogP contribution in [0, 0.1) is 0 Å². The SMILES string of the molecule is O=S(=O)(NCCc1ccncc1)c1ccc(CO)s1. The van der Waals surface area contributed by atoms with Crippen LogP contribution in [0.2, 0.25) is 0 Å². The number of hydrogen-bond donors (Lipinski definition) is 2. The van der Waals surface area contributed by atoms with Gasteiger partial charge in [0, 0.05) is 23.8 Å². The smallest absolute Gasteiger partial charge is 0.250 e. The second-order valence-electron chi connectivity index (χ2n) is 3.88. The maximum atomic E-state index is 12.0. The van der Waals surface area contributed by atoms with Crippen molar-refractivity contribution >= 4 is 21.4 Å². The normalized spacial score (nSPS) is 11.6. The van der Waals surface area contributed by atoms with Gasteiger partial charge in [-0.05, 0) is 36.2 Å². The fourth-order valence-electron chi connectivity index (χ4n) is 1.54. The number of thiophene rings is 1. The summed E-state index contributed by atoms with van der Waals surface area (Å²) in [5, 5.41) is 8.93. The Balaban J connectivity index is 1.94. The molecule has 0 radical (unpaired) electrons. The van der Waals surface area contributed by atoms with Gasteiger partial charge in [-0.15, -0.1) is 11.3 Å². The number of nitrogens with zero attached hydrogens (tertiary/aromatic N) is 1. The van der Waals surface area contributed by atoms with Crippen molar-refractivity contribution < 1.29 is 13.5 Å². The van der Waals surface area contributed by atoms with E-state index in [0.717, 1.165) is 16.9 Å². The fraction of sp³-hybridized carbons (Fsp3) is 0.250. The van der Waals surface area contributed by atoms with E-state index < -0.39 is 10.0 Å². The number of nitrogens with one attached hydrogen (secondary N) is 1. The lowest BCUT2D eigenvalue weighted by atomic mass is 10.2. The Kier molecular flexibility index (Phi) is 4.65. The lowest BCUT2D eigenvalue weighted by molar-refractivity contribution is 0.285. The number of aliphatic hydroxyl groups excluding tert-OH is 1. The maximum absolute atomic E-state index is 12.0. The van der Waals surface area contributed by atoms with E-state index in [1.54, 1.807) is 18.5 Å². The van der Waals surface area contributed by atoms with Gasteiger partial charge in [0.1, 0.15) is 4.21 Å². The van der Waals surface area contributed by atoms with Gasteiger partial charge in [-0.2, -0.15) is 0 Å². The van der Waals surface area contributed by atoms with E-state index in [9.17, 15) is 8.42 Å². The van der Waals surface area contributed by atoms with Crippen LogP contribution in [0.5, 0.6) is 0 Å². The summed E-state index contributed by atoms with van der Waals surface area (Å²) in [7, 11) is -3.48. The van der Waals surface area contributed by atoms with Crippen molar-refractivity contribution in [1.29, 1.82) is 0 Å². The first kappa shape index (κ1) is 14.1. The molecule has 7 heteroatoms. The van der Waals surface area contributed by atoms with Gasteiger partial charge < -0.3 is 5.11 Å². The number of pyridine rings is 1. The zero-order chi connectivity index (χ0) is 13.7. The molecule has 2 aromatic rings. The summed E-state index contributed by atoms with van der Waals surface area (Å²) >= 11 is 1.08. The fourth-order valence-corrected chi connectivity index (χ4v) is 3.83. The molecule has 0 unspecified atom stereocenters. The highest BCUT2D eigenvalue weighted by Crippen LogP contribution is 2.21. The molecule has 0 fully saturated rings. The molecular formula is C12H14N2O3S2. The third-order valence-electron chi connectivity index (χ3n) is 2.51. The van der Waals surface area contributed by atoms with Crippen LogP contribution >= 0.6 is 11.3 Å². The van der Waals surface area contributed by atoms with Crippen LogP contribution in [0.15, 0.2) is 40.9 Å². The molecule has 19 heavy (non-hydrogen) atoms. The third-order valence-corrected chi connectivity index (χ3v) is 5.54. The van der Waals surface area contributed by atoms with E-state index in [4.69, 9.17) is 5.11 Å². The van der Waals surface area contributed by atoms with Crippen molar-refractivity contribution in [1.82, 2.24) is 9.71 Å². The van der Waals surface area contributed by atoms with Gasteiger partial charge in [-0.3, -0.25) is 4.98 Å². The van der Waals surface area contributed by atoms with Crippen LogP contribution in [0.3, 0.4) is 0 Å². The minimum absolute atomic E-state index is 0.142. The van der Waals surface area contributed by atoms with Crippen molar-refractivity contribution in [2.45, 2.75) is 17.2 Å². The highest BCUT2D eigenvalue weighted by Gasteiger charge is 2.15. The number of sulfonamides is 1. The first-order valence-corrected chi connectivity index (χ1v) is 8.00. The predicted octanol–water partition coefficient (Wildman–Crippen LogP) is 1.16. The maximum Gasteiger partial charge on any atom is 0.250 e. The van der Waals surface area contributed by atoms with Gasteiger partial charge in [-0.1, -0.05) is 0 Å². The number of aliphatic hydroxyl groups is 1. The second-order valence-corrected chi connectivity index (χ2v) is 7.04. The number of aromatic nitrogens is 1. The monoisotopic (exact) mass is 298 g/mol. The molecule has 0 aliphatic carbocycles. The Labute approximate surface area is 116 Å². The van der Waals surface area contributed by atoms with Crippen LogP contribution < -0.4 is 4.72 Å². The van der Waals surface area contributed by atoms with Crippen molar-refractivity contribution in [2.24, 2.45) is 0 Å². The average molecular weight is 298 g/mol. The first-order valence-electron chi connectivity index (χ1n) is 5.70. The molecule has 0 spiro atoms. The van der Waals surface area contributed by atoms with Crippen molar-refractivity contribution in [3.63, 3.8) is 0 Å². The Morgan fingerprint density at radius 1 is 1.21 bits per heavy atom. The molecule has 0 aliphatic rings. The number of hydrogen-bond acceptors (Lipinski definition) is 5. The highest BCUT2D eigenvalue weighted by molar-refractivity contribution is 7.91. The van der Waals surface area contributed by atoms with E-state index in [0.29, 0.717) is 17.8 Å². The van der Waals surface area contributed by atoms with Crippen molar-refractivity contribution in [2.75, 3.05) is 6.54 Å². The minimum atomic E-state index is -3.48. The van der Waals surface area contributed by atoms with Crippen LogP contribution in [0.1, 0.15) is 10.4 Å². The van der Waals surface area contributed by atoms with Gasteiger partial charge in [0.05, 0.1) is 6.61 Å². The van der Waals surface area contributed by atoms with Gasteiger partial charge >= 0.3 is 0 Å². The Bertz CT molecular complexity index is 623. The van der Waals surface area contributed by atoms with Crippen molar-refractivity contribution in [3.8, 4) is 0 Å². The molecule has 102 valence electrons. The Hall–Kier alpha value is -1.28. The van der Waals surface area contributed by atoms with Gasteiger partial charge in [0.25, 0.3) is 0 Å². The van der Waals surface area contributed by atoms with E-state index in [1.165, 1.54) is 6.07 Å². The molecule has 2 heterocycles. The molecule has 0 atom stereocenters. The average Bonchev–Trinajstić information content (AvgIpc) is 2.89. The van der Waals surface area contributed by atoms with E-state index >= 15 is 0 Å². The molecule has 2 rings (SSSR count). The van der Waals surface area contributed by atoms with E-state index in [2.05, 4.69) is 9.71 Å². The molecular weight excluding hydrogens is 284 g/mol. The van der Waals surface area contributed by atoms with Gasteiger partial charge in [0.15, 0.2) is 0 Å². The zero-order valence-electron chi connectivity index (χ0n) is 10.1. The van der Waals surface area contributed by atoms with E-state index in [1.807, 2.05) is 12.1 Å². The van der Waals surface area contributed by atoms with Gasteiger partial charge in [-0.25, -0.2) is 13.1 Å². The predicted molar refractivity (Wildman–Crippen MR) is 73.4 cm³/mol. The lowest BCUT2D eigenvalue weighted by Crippen LogP contribution is -2.25. The molecule has 2 N–H and O–H groups in total. The summed E-state index contributed by atoms with van der Waals surface area (Å²) in [4.78, 5) is 4.54. The van der Waals surface area contributed by atoms with Crippen LogP contribution in [0.4, 0.5) is 0 Å². The summed E-state index contributed by atoms with van der Waals surface area (Å²) in [6.45, 7) is 0.190. The zero-order valence-corrected chi connectivity index (χ0v) is 11.7. The van der Waals surface area contributed by atoms with E-state index in [-0.39, 0.29) is 10.8 Å². The quantitative estimate of drug-likeness (QED) is 0.838. The molecule has 0 aromatic carbocycles. The minimum Gasteiger partial charge on any atom is -0.391 e. The third kappa shape index (κ3) is 3.84. The van der Waals surface area contributed by atoms with Crippen LogP contribution in [-0.2, 0) is 23.1 Å². The summed E-state index contributed by atoms with van der Waals surface area (Å²) in [6, 6.07) is 6.82. The van der Waals surface area contributed by atoms with Crippen molar-refractivity contribution in [3.05, 3.63) is 47.1 Å². The summed E-state index contributed by atoms with van der Waals surface area (Å²) in [6.07, 6.45) is 3.97. The highest BCUT2D eigenvalue weighted by atomic mass is 32.2. The number of rotatable bonds is 6. The Morgan fingerprint density at radius 2 is 1.95 bits per heavy atom.